The number of hydrogen-bond acceptors (Lipinski definition) is 3. The summed E-state index contributed by atoms with van der Waals surface area (Å²) in [6.07, 6.45) is 0.769. The highest BCUT2D eigenvalue weighted by Gasteiger charge is 2.27. The summed E-state index contributed by atoms with van der Waals surface area (Å²) in [4.78, 5) is 0.148. The Kier molecular flexibility index (Phi) is 2.48. The molecule has 2 N–H and O–H groups in total. The lowest BCUT2D eigenvalue weighted by atomic mass is 10.1. The maximum absolute atomic E-state index is 10.6. The number of rotatable bonds is 2. The third-order valence-electron chi connectivity index (χ3n) is 1.84. The van der Waals surface area contributed by atoms with Crippen molar-refractivity contribution in [2.75, 3.05) is 19.7 Å². The highest BCUT2D eigenvalue weighted by molar-refractivity contribution is 4.68. The number of hydrogen-bond donors (Lipinski definition) is 2. The highest BCUT2D eigenvalue weighted by atomic mass is 16.6. The predicted molar refractivity (Wildman–Crippen MR) is 34.6 cm³/mol. The van der Waals surface area contributed by atoms with Crippen molar-refractivity contribution in [3.63, 3.8) is 0 Å². The van der Waals surface area contributed by atoms with Crippen LogP contribution >= 0.6 is 0 Å². The van der Waals surface area contributed by atoms with Crippen LogP contribution in [-0.4, -0.2) is 40.0 Å². The van der Waals surface area contributed by atoms with Gasteiger partial charge in [0.05, 0.1) is 18.1 Å². The summed E-state index contributed by atoms with van der Waals surface area (Å²) < 4.78 is 0. The first kappa shape index (κ1) is 8.06. The molecule has 1 fully saturated rings. The Morgan fingerprint density at radius 3 is 2.91 bits per heavy atom. The summed E-state index contributed by atoms with van der Waals surface area (Å²) in [6.45, 7) is 1.08. The third-order valence-corrected chi connectivity index (χ3v) is 1.84. The van der Waals surface area contributed by atoms with Gasteiger partial charge in [-0.1, -0.05) is 0 Å². The van der Waals surface area contributed by atoms with Crippen LogP contribution < -0.4 is 0 Å². The summed E-state index contributed by atoms with van der Waals surface area (Å²) in [5.74, 6) is 0.133. The van der Waals surface area contributed by atoms with E-state index in [0.29, 0.717) is 13.1 Å². The number of aliphatic hydroxyl groups is 1. The van der Waals surface area contributed by atoms with Gasteiger partial charge in [0.2, 0.25) is 5.28 Å². The van der Waals surface area contributed by atoms with E-state index < -0.39 is 0 Å². The zero-order valence-electron chi connectivity index (χ0n) is 6.05. The second-order valence-electron chi connectivity index (χ2n) is 2.59. The Labute approximate surface area is 63.9 Å². The quantitative estimate of drug-likeness (QED) is 0.327. The van der Waals surface area contributed by atoms with Crippen LogP contribution in [0.4, 0.5) is 0 Å². The molecule has 0 aromatic carbocycles. The van der Waals surface area contributed by atoms with Crippen LogP contribution in [0.25, 0.3) is 0 Å². The Balaban J connectivity index is 2.41. The lowest BCUT2D eigenvalue weighted by Crippen LogP contribution is -2.28. The number of nitrogens with zero attached hydrogens (tertiary/aromatic N) is 3. The van der Waals surface area contributed by atoms with Gasteiger partial charge in [0.25, 0.3) is 0 Å². The van der Waals surface area contributed by atoms with Crippen molar-refractivity contribution in [2.24, 2.45) is 11.2 Å². The number of hydrazine groups is 1. The molecule has 0 spiro atoms. The molecular formula is C5H11N3O3. The first-order valence-electron chi connectivity index (χ1n) is 3.46. The molecule has 0 saturated carbocycles. The Hall–Kier alpha value is -1.04. The lowest BCUT2D eigenvalue weighted by molar-refractivity contribution is -0.706. The molecule has 0 bridgehead atoms. The van der Waals surface area contributed by atoms with Crippen LogP contribution in [0.5, 0.6) is 0 Å². The van der Waals surface area contributed by atoms with Crippen molar-refractivity contribution >= 4 is 0 Å². The van der Waals surface area contributed by atoms with Crippen molar-refractivity contribution in [3.8, 4) is 0 Å². The van der Waals surface area contributed by atoms with Crippen LogP contribution in [0.2, 0.25) is 0 Å². The summed E-state index contributed by atoms with van der Waals surface area (Å²) >= 11 is 0. The largest absolute Gasteiger partial charge is 0.569 e. The zero-order chi connectivity index (χ0) is 8.27. The molecule has 6 nitrogen and oxygen atoms in total. The zero-order valence-corrected chi connectivity index (χ0v) is 6.05. The molecule has 0 radical (unpaired) electrons. The second-order valence-corrected chi connectivity index (χ2v) is 2.59. The van der Waals surface area contributed by atoms with Gasteiger partial charge in [-0.05, 0) is 6.42 Å². The molecule has 1 saturated heterocycles. The molecule has 0 aliphatic carbocycles. The van der Waals surface area contributed by atoms with Crippen LogP contribution in [0.3, 0.4) is 0 Å². The van der Waals surface area contributed by atoms with Gasteiger partial charge in [-0.25, -0.2) is 0 Å². The SMILES string of the molecule is [O-]/[N+](=N\O)N1CCC(CO)C1. The monoisotopic (exact) mass is 161 g/mol. The van der Waals surface area contributed by atoms with E-state index in [-0.39, 0.29) is 17.5 Å². The van der Waals surface area contributed by atoms with E-state index in [2.05, 4.69) is 5.28 Å². The summed E-state index contributed by atoms with van der Waals surface area (Å²) in [6, 6.07) is 0. The molecular weight excluding hydrogens is 150 g/mol. The minimum absolute atomic E-state index is 0.0791. The predicted octanol–water partition coefficient (Wildman–Crippen LogP) is -0.433. The van der Waals surface area contributed by atoms with Crippen LogP contribution in [0, 0.1) is 11.1 Å². The molecule has 1 heterocycles. The van der Waals surface area contributed by atoms with E-state index in [0.717, 1.165) is 6.42 Å². The average molecular weight is 161 g/mol. The fourth-order valence-electron chi connectivity index (χ4n) is 1.17. The average Bonchev–Trinajstić information content (AvgIpc) is 2.50. The van der Waals surface area contributed by atoms with E-state index in [1.165, 1.54) is 5.01 Å². The smallest absolute Gasteiger partial charge is 0.230 e. The molecule has 0 amide bonds. The molecule has 1 aliphatic rings. The maximum atomic E-state index is 10.6. The second kappa shape index (κ2) is 3.38. The van der Waals surface area contributed by atoms with Gasteiger partial charge in [-0.3, -0.25) is 0 Å². The third kappa shape index (κ3) is 1.70. The molecule has 1 rings (SSSR count). The number of aliphatic hydroxyl groups excluding tert-OH is 1. The molecule has 64 valence electrons. The van der Waals surface area contributed by atoms with Crippen molar-refractivity contribution in [1.82, 2.24) is 5.01 Å². The van der Waals surface area contributed by atoms with Gasteiger partial charge < -0.3 is 15.5 Å². The van der Waals surface area contributed by atoms with Gasteiger partial charge in [-0.15, -0.1) is 5.01 Å². The molecule has 11 heavy (non-hydrogen) atoms. The van der Waals surface area contributed by atoms with Crippen LogP contribution in [0.15, 0.2) is 5.28 Å². The van der Waals surface area contributed by atoms with E-state index in [9.17, 15) is 5.21 Å². The standard InChI is InChI=1S/C5H11N3O3/c9-4-5-1-2-7(3-5)8(11)6-10/h5,9-10H,1-4H2/b8-6-. The molecule has 1 unspecified atom stereocenters. The summed E-state index contributed by atoms with van der Waals surface area (Å²) in [5.41, 5.74) is 0. The Morgan fingerprint density at radius 1 is 1.73 bits per heavy atom. The molecule has 1 aliphatic heterocycles. The van der Waals surface area contributed by atoms with E-state index >= 15 is 0 Å². The maximum Gasteiger partial charge on any atom is 0.230 e. The van der Waals surface area contributed by atoms with Gasteiger partial charge in [0, 0.05) is 12.5 Å². The molecule has 1 atom stereocenters. The molecule has 0 aromatic heterocycles. The van der Waals surface area contributed by atoms with Crippen molar-refractivity contribution in [1.29, 1.82) is 0 Å². The minimum Gasteiger partial charge on any atom is -0.569 e. The topological polar surface area (TPSA) is 82.1 Å². The summed E-state index contributed by atoms with van der Waals surface area (Å²) in [5, 5.41) is 31.2. The Bertz CT molecular complexity index is 161. The van der Waals surface area contributed by atoms with Crippen molar-refractivity contribution < 1.29 is 15.3 Å². The minimum atomic E-state index is 0.0791. The van der Waals surface area contributed by atoms with Crippen molar-refractivity contribution in [2.45, 2.75) is 6.42 Å². The molecule has 0 aromatic rings. The first-order chi connectivity index (χ1) is 5.27. The first-order valence-corrected chi connectivity index (χ1v) is 3.46. The lowest BCUT2D eigenvalue weighted by Gasteiger charge is -2.09. The van der Waals surface area contributed by atoms with Crippen LogP contribution in [-0.2, 0) is 0 Å². The normalized spacial score (nSPS) is 26.1. The summed E-state index contributed by atoms with van der Waals surface area (Å²) in [7, 11) is 0. The van der Waals surface area contributed by atoms with Crippen molar-refractivity contribution in [3.05, 3.63) is 5.21 Å². The highest BCUT2D eigenvalue weighted by Crippen LogP contribution is 2.14. The van der Waals surface area contributed by atoms with Gasteiger partial charge in [0.15, 0.2) is 0 Å². The van der Waals surface area contributed by atoms with Gasteiger partial charge in [0.1, 0.15) is 0 Å². The van der Waals surface area contributed by atoms with Gasteiger partial charge in [-0.2, -0.15) is 0 Å². The van der Waals surface area contributed by atoms with E-state index in [4.69, 9.17) is 10.3 Å². The van der Waals surface area contributed by atoms with E-state index in [1.807, 2.05) is 0 Å². The fourth-order valence-corrected chi connectivity index (χ4v) is 1.17. The van der Waals surface area contributed by atoms with E-state index in [1.54, 1.807) is 0 Å². The van der Waals surface area contributed by atoms with Crippen LogP contribution in [0.1, 0.15) is 6.42 Å². The van der Waals surface area contributed by atoms with Gasteiger partial charge >= 0.3 is 0 Å². The molecule has 6 heteroatoms. The fraction of sp³-hybridized carbons (Fsp3) is 1.00. The Morgan fingerprint density at radius 2 is 2.45 bits per heavy atom.